The quantitative estimate of drug-likeness (QED) is 0.216. The van der Waals surface area contributed by atoms with E-state index in [1.165, 1.54) is 18.7 Å². The molecule has 2 N–H and O–H groups in total. The number of amides is 2. The number of nitrogens with one attached hydrogen (secondary N) is 1. The van der Waals surface area contributed by atoms with Crippen LogP contribution in [-0.4, -0.2) is 57.5 Å². The van der Waals surface area contributed by atoms with Crippen molar-refractivity contribution in [2.75, 3.05) is 12.4 Å². The van der Waals surface area contributed by atoms with Crippen molar-refractivity contribution in [3.63, 3.8) is 0 Å². The van der Waals surface area contributed by atoms with Gasteiger partial charge in [-0.05, 0) is 11.1 Å². The van der Waals surface area contributed by atoms with Crippen LogP contribution in [0, 0.1) is 0 Å². The summed E-state index contributed by atoms with van der Waals surface area (Å²) in [5.74, 6) is -2.94. The second-order valence-electron chi connectivity index (χ2n) is 6.45. The van der Waals surface area contributed by atoms with Gasteiger partial charge in [0.25, 0.3) is 5.91 Å². The van der Waals surface area contributed by atoms with Crippen LogP contribution in [0.25, 0.3) is 10.4 Å². The topological polar surface area (TPSA) is 162 Å². The molecule has 11 nitrogen and oxygen atoms in total. The van der Waals surface area contributed by atoms with Gasteiger partial charge in [0.2, 0.25) is 5.91 Å². The molecule has 3 unspecified atom stereocenters. The number of carbonyl (C=O) groups is 4. The molecule has 2 aliphatic rings. The first-order chi connectivity index (χ1) is 14.3. The molecule has 0 bridgehead atoms. The molecule has 1 fully saturated rings. The molecule has 3 atom stereocenters. The highest BCUT2D eigenvalue weighted by molar-refractivity contribution is 8.00. The van der Waals surface area contributed by atoms with Crippen molar-refractivity contribution < 1.29 is 29.0 Å². The Morgan fingerprint density at radius 1 is 1.40 bits per heavy atom. The van der Waals surface area contributed by atoms with Crippen molar-refractivity contribution in [1.29, 1.82) is 0 Å². The minimum absolute atomic E-state index is 0.216. The fraction of sp³-hybridized carbons (Fsp3) is 0.333. The molecule has 0 aromatic heterocycles. The molecule has 0 saturated carbocycles. The number of benzene rings is 1. The zero-order chi connectivity index (χ0) is 21.8. The maximum atomic E-state index is 12.7. The van der Waals surface area contributed by atoms with Gasteiger partial charge in [-0.15, -0.1) is 11.8 Å². The number of nitrogens with zero attached hydrogens (tertiary/aromatic N) is 4. The van der Waals surface area contributed by atoms with Crippen molar-refractivity contribution in [3.8, 4) is 0 Å². The predicted octanol–water partition coefficient (Wildman–Crippen LogP) is 1.34. The van der Waals surface area contributed by atoms with Gasteiger partial charge in [-0.1, -0.05) is 35.4 Å². The minimum Gasteiger partial charge on any atom is -0.477 e. The van der Waals surface area contributed by atoms with Crippen LogP contribution in [-0.2, 0) is 23.9 Å². The number of esters is 1. The predicted molar refractivity (Wildman–Crippen MR) is 105 cm³/mol. The van der Waals surface area contributed by atoms with E-state index >= 15 is 0 Å². The summed E-state index contributed by atoms with van der Waals surface area (Å²) in [5, 5.41) is 15.0. The number of fused-ring (bicyclic) bond motifs is 1. The molecular weight excluding hydrogens is 414 g/mol. The highest BCUT2D eigenvalue weighted by Gasteiger charge is 2.54. The normalized spacial score (nSPS) is 21.0. The Kier molecular flexibility index (Phi) is 6.28. The van der Waals surface area contributed by atoms with Crippen molar-refractivity contribution >= 4 is 35.5 Å². The number of aliphatic carboxylic acids is 1. The Morgan fingerprint density at radius 2 is 2.10 bits per heavy atom. The van der Waals surface area contributed by atoms with Gasteiger partial charge in [-0.3, -0.25) is 19.3 Å². The number of rotatable bonds is 7. The summed E-state index contributed by atoms with van der Waals surface area (Å²) < 4.78 is 4.88. The molecular formula is C18H17N5O6S. The third-order valence-electron chi connectivity index (χ3n) is 4.53. The average Bonchev–Trinajstić information content (AvgIpc) is 2.73. The maximum Gasteiger partial charge on any atom is 0.352 e. The fourth-order valence-corrected chi connectivity index (χ4v) is 4.50. The SMILES string of the molecule is CC(=O)OCC1=C(C(=O)O)N2C(=O)C(NC(=O)C(N=[N+]=[N-])c3ccccc3)C2SC1. The molecule has 2 heterocycles. The van der Waals surface area contributed by atoms with E-state index < -0.39 is 41.2 Å². The van der Waals surface area contributed by atoms with Gasteiger partial charge in [-0.2, -0.15) is 0 Å². The van der Waals surface area contributed by atoms with E-state index in [9.17, 15) is 24.3 Å². The van der Waals surface area contributed by atoms with Crippen molar-refractivity contribution in [2.45, 2.75) is 24.4 Å². The minimum atomic E-state index is -1.32. The summed E-state index contributed by atoms with van der Waals surface area (Å²) in [5.41, 5.74) is 9.31. The molecule has 1 aromatic carbocycles. The van der Waals surface area contributed by atoms with Gasteiger partial charge in [0.1, 0.15) is 29.8 Å². The lowest BCUT2D eigenvalue weighted by atomic mass is 10.0. The molecule has 2 aliphatic heterocycles. The number of carbonyl (C=O) groups excluding carboxylic acids is 3. The van der Waals surface area contributed by atoms with Crippen LogP contribution in [0.1, 0.15) is 18.5 Å². The zero-order valence-corrected chi connectivity index (χ0v) is 16.5. The molecule has 0 spiro atoms. The largest absolute Gasteiger partial charge is 0.477 e. The van der Waals surface area contributed by atoms with Crippen LogP contribution in [0.15, 0.2) is 46.7 Å². The lowest BCUT2D eigenvalue weighted by Crippen LogP contribution is -2.70. The van der Waals surface area contributed by atoms with Crippen LogP contribution in [0.4, 0.5) is 0 Å². The van der Waals surface area contributed by atoms with Gasteiger partial charge < -0.3 is 15.2 Å². The van der Waals surface area contributed by atoms with E-state index in [1.54, 1.807) is 30.3 Å². The molecule has 30 heavy (non-hydrogen) atoms. The van der Waals surface area contributed by atoms with Gasteiger partial charge in [0.05, 0.1) is 0 Å². The standard InChI is InChI=1S/C18H17N5O6S/c1-9(24)29-7-11-8-30-17-13(16(26)23(17)14(11)18(27)28)20-15(25)12(21-22-19)10-5-3-2-4-6-10/h2-6,12-13,17H,7-8H2,1H3,(H,20,25)(H,27,28). The highest BCUT2D eigenvalue weighted by atomic mass is 32.2. The molecule has 0 aliphatic carbocycles. The van der Waals surface area contributed by atoms with E-state index in [0.29, 0.717) is 11.1 Å². The molecule has 12 heteroatoms. The molecule has 156 valence electrons. The van der Waals surface area contributed by atoms with Gasteiger partial charge in [0, 0.05) is 23.2 Å². The summed E-state index contributed by atoms with van der Waals surface area (Å²) in [6.45, 7) is 0.970. The lowest BCUT2D eigenvalue weighted by molar-refractivity contribution is -0.151. The molecule has 1 aromatic rings. The van der Waals surface area contributed by atoms with Gasteiger partial charge in [-0.25, -0.2) is 4.79 Å². The van der Waals surface area contributed by atoms with Crippen molar-refractivity contribution in [2.24, 2.45) is 5.11 Å². The number of carboxylic acid groups (broad SMARTS) is 1. The third-order valence-corrected chi connectivity index (χ3v) is 5.87. The Balaban J connectivity index is 1.77. The van der Waals surface area contributed by atoms with Crippen LogP contribution in [0.5, 0.6) is 0 Å². The fourth-order valence-electron chi connectivity index (χ4n) is 3.17. The van der Waals surface area contributed by atoms with E-state index in [0.717, 1.165) is 4.90 Å². The van der Waals surface area contributed by atoms with Crippen molar-refractivity contribution in [1.82, 2.24) is 10.2 Å². The second kappa shape index (κ2) is 8.89. The summed E-state index contributed by atoms with van der Waals surface area (Å²) in [7, 11) is 0. The average molecular weight is 431 g/mol. The Bertz CT molecular complexity index is 975. The van der Waals surface area contributed by atoms with E-state index in [1.807, 2.05) is 0 Å². The van der Waals surface area contributed by atoms with E-state index in [4.69, 9.17) is 10.3 Å². The van der Waals surface area contributed by atoms with E-state index in [-0.39, 0.29) is 18.1 Å². The summed E-state index contributed by atoms with van der Waals surface area (Å²) >= 11 is 1.24. The monoisotopic (exact) mass is 431 g/mol. The van der Waals surface area contributed by atoms with Crippen LogP contribution >= 0.6 is 11.8 Å². The highest BCUT2D eigenvalue weighted by Crippen LogP contribution is 2.40. The second-order valence-corrected chi connectivity index (χ2v) is 7.56. The number of thioether (sulfide) groups is 1. The molecule has 2 amide bonds. The Labute approximate surface area is 174 Å². The Hall–Kier alpha value is -3.50. The first kappa shape index (κ1) is 21.2. The van der Waals surface area contributed by atoms with Crippen molar-refractivity contribution in [3.05, 3.63) is 57.6 Å². The molecule has 3 rings (SSSR count). The molecule has 1 saturated heterocycles. The first-order valence-corrected chi connectivity index (χ1v) is 9.83. The zero-order valence-electron chi connectivity index (χ0n) is 15.7. The summed E-state index contributed by atoms with van der Waals surface area (Å²) in [6, 6.07) is 6.22. The maximum absolute atomic E-state index is 12.7. The lowest BCUT2D eigenvalue weighted by Gasteiger charge is -2.49. The molecule has 0 radical (unpaired) electrons. The van der Waals surface area contributed by atoms with Crippen LogP contribution in [0.2, 0.25) is 0 Å². The number of azide groups is 1. The number of ether oxygens (including phenoxy) is 1. The third kappa shape index (κ3) is 4.09. The van der Waals surface area contributed by atoms with Gasteiger partial charge >= 0.3 is 11.9 Å². The number of hydrogen-bond acceptors (Lipinski definition) is 7. The number of carboxylic acids is 1. The number of hydrogen-bond donors (Lipinski definition) is 2. The first-order valence-electron chi connectivity index (χ1n) is 8.78. The number of β-lactam (4-membered cyclic amide) rings is 1. The Morgan fingerprint density at radius 3 is 2.70 bits per heavy atom. The van der Waals surface area contributed by atoms with Gasteiger partial charge in [0.15, 0.2) is 0 Å². The summed E-state index contributed by atoms with van der Waals surface area (Å²) in [6.07, 6.45) is 0. The smallest absolute Gasteiger partial charge is 0.352 e. The van der Waals surface area contributed by atoms with E-state index in [2.05, 4.69) is 15.3 Å². The summed E-state index contributed by atoms with van der Waals surface area (Å²) in [4.78, 5) is 51.8. The van der Waals surface area contributed by atoms with Crippen LogP contribution < -0.4 is 5.32 Å². The van der Waals surface area contributed by atoms with Crippen LogP contribution in [0.3, 0.4) is 0 Å².